The zero-order valence-corrected chi connectivity index (χ0v) is 15.3. The second-order valence-corrected chi connectivity index (χ2v) is 7.90. The lowest BCUT2D eigenvalue weighted by atomic mass is 9.78. The molecule has 134 valence electrons. The number of piperidine rings is 1. The Morgan fingerprint density at radius 1 is 1.50 bits per heavy atom. The minimum atomic E-state index is -0.726. The van der Waals surface area contributed by atoms with Crippen LogP contribution in [0.1, 0.15) is 46.5 Å². The number of aliphatic hydroxyl groups is 1. The molecule has 0 unspecified atom stereocenters. The highest BCUT2D eigenvalue weighted by atomic mass is 32.1. The van der Waals surface area contributed by atoms with Crippen LogP contribution in [0, 0.1) is 11.8 Å². The minimum Gasteiger partial charge on any atom is -0.390 e. The van der Waals surface area contributed by atoms with Gasteiger partial charge in [0.2, 0.25) is 16.9 Å². The molecule has 2 rings (SSSR count). The normalized spacial score (nSPS) is 24.2. The summed E-state index contributed by atoms with van der Waals surface area (Å²) in [5, 5.41) is 21.0. The molecule has 2 atom stereocenters. The zero-order valence-electron chi connectivity index (χ0n) is 14.5. The fraction of sp³-hybridized carbons (Fsp3) is 0.750. The lowest BCUT2D eigenvalue weighted by Gasteiger charge is -2.43. The maximum absolute atomic E-state index is 12.4. The molecule has 1 fully saturated rings. The Bertz CT molecular complexity index is 560. The molecule has 0 radical (unpaired) electrons. The smallest absolute Gasteiger partial charge is 0.226 e. The first-order valence-corrected chi connectivity index (χ1v) is 9.22. The summed E-state index contributed by atoms with van der Waals surface area (Å²) in [6.45, 7) is 7.20. The van der Waals surface area contributed by atoms with Gasteiger partial charge in [0.25, 0.3) is 0 Å². The fourth-order valence-electron chi connectivity index (χ4n) is 3.03. The van der Waals surface area contributed by atoms with E-state index >= 15 is 0 Å². The molecule has 0 aliphatic carbocycles. The highest BCUT2D eigenvalue weighted by molar-refractivity contribution is 7.13. The maximum atomic E-state index is 12.4. The molecule has 1 aliphatic rings. The average molecular weight is 354 g/mol. The van der Waals surface area contributed by atoms with Crippen LogP contribution >= 0.6 is 11.3 Å². The number of hydrogen-bond acceptors (Lipinski definition) is 6. The van der Waals surface area contributed by atoms with Gasteiger partial charge in [0.1, 0.15) is 5.51 Å². The molecule has 7 nitrogen and oxygen atoms in total. The number of amides is 2. The Kier molecular flexibility index (Phi) is 6.28. The summed E-state index contributed by atoms with van der Waals surface area (Å²) in [6, 6.07) is 0. The first kappa shape index (κ1) is 18.8. The van der Waals surface area contributed by atoms with Crippen molar-refractivity contribution in [1.29, 1.82) is 0 Å². The van der Waals surface area contributed by atoms with Gasteiger partial charge in [-0.2, -0.15) is 0 Å². The molecule has 2 N–H and O–H groups in total. The number of likely N-dealkylation sites (tertiary alicyclic amines) is 1. The summed E-state index contributed by atoms with van der Waals surface area (Å²) in [6.07, 6.45) is 1.75. The van der Waals surface area contributed by atoms with Crippen molar-refractivity contribution in [2.75, 3.05) is 18.4 Å². The number of nitrogens with zero attached hydrogens (tertiary/aromatic N) is 3. The highest BCUT2D eigenvalue weighted by Gasteiger charge is 2.38. The van der Waals surface area contributed by atoms with Gasteiger partial charge in [-0.3, -0.25) is 9.59 Å². The summed E-state index contributed by atoms with van der Waals surface area (Å²) in [7, 11) is 0. The summed E-state index contributed by atoms with van der Waals surface area (Å²) in [4.78, 5) is 26.0. The predicted octanol–water partition coefficient (Wildman–Crippen LogP) is 1.90. The summed E-state index contributed by atoms with van der Waals surface area (Å²) >= 11 is 1.24. The third kappa shape index (κ3) is 5.24. The van der Waals surface area contributed by atoms with E-state index in [2.05, 4.69) is 29.4 Å². The van der Waals surface area contributed by atoms with E-state index in [0.29, 0.717) is 30.6 Å². The maximum Gasteiger partial charge on any atom is 0.226 e. The van der Waals surface area contributed by atoms with Gasteiger partial charge in [-0.1, -0.05) is 25.2 Å². The summed E-state index contributed by atoms with van der Waals surface area (Å²) in [5.74, 6) is 0.272. The van der Waals surface area contributed by atoms with Crippen LogP contribution in [-0.4, -0.2) is 50.7 Å². The molecule has 0 saturated carbocycles. The van der Waals surface area contributed by atoms with Crippen LogP contribution in [0.5, 0.6) is 0 Å². The largest absolute Gasteiger partial charge is 0.390 e. The van der Waals surface area contributed by atoms with Crippen LogP contribution < -0.4 is 5.32 Å². The van der Waals surface area contributed by atoms with E-state index in [9.17, 15) is 14.7 Å². The van der Waals surface area contributed by atoms with Crippen LogP contribution in [0.4, 0.5) is 5.13 Å². The third-order valence-corrected chi connectivity index (χ3v) is 5.10. The molecule has 8 heteroatoms. The molecule has 24 heavy (non-hydrogen) atoms. The average Bonchev–Trinajstić information content (AvgIpc) is 2.99. The Morgan fingerprint density at radius 2 is 2.25 bits per heavy atom. The molecule has 2 heterocycles. The second-order valence-electron chi connectivity index (χ2n) is 7.07. The van der Waals surface area contributed by atoms with Crippen LogP contribution in [0.15, 0.2) is 5.51 Å². The number of carbonyl (C=O) groups excluding carboxylic acids is 2. The SMILES string of the molecule is CC(C)C[C@H]1CN(C(=O)CCC(=O)Nc2nncs2)CC[C@@]1(C)O. The molecule has 1 aromatic rings. The quantitative estimate of drug-likeness (QED) is 0.813. The Morgan fingerprint density at radius 3 is 2.88 bits per heavy atom. The zero-order chi connectivity index (χ0) is 17.7. The van der Waals surface area contributed by atoms with Crippen molar-refractivity contribution in [2.45, 2.75) is 52.1 Å². The Balaban J connectivity index is 1.82. The van der Waals surface area contributed by atoms with Crippen molar-refractivity contribution < 1.29 is 14.7 Å². The number of hydrogen-bond donors (Lipinski definition) is 2. The van der Waals surface area contributed by atoms with Gasteiger partial charge >= 0.3 is 0 Å². The minimum absolute atomic E-state index is 0.0355. The summed E-state index contributed by atoms with van der Waals surface area (Å²) < 4.78 is 0. The number of nitrogens with one attached hydrogen (secondary N) is 1. The van der Waals surface area contributed by atoms with E-state index in [1.165, 1.54) is 16.8 Å². The van der Waals surface area contributed by atoms with Gasteiger partial charge in [-0.15, -0.1) is 10.2 Å². The van der Waals surface area contributed by atoms with Crippen molar-refractivity contribution in [2.24, 2.45) is 11.8 Å². The molecule has 2 amide bonds. The predicted molar refractivity (Wildman–Crippen MR) is 92.5 cm³/mol. The molecule has 0 bridgehead atoms. The van der Waals surface area contributed by atoms with Crippen LogP contribution in [0.3, 0.4) is 0 Å². The van der Waals surface area contributed by atoms with Gasteiger partial charge in [-0.25, -0.2) is 0 Å². The van der Waals surface area contributed by atoms with Crippen molar-refractivity contribution in [3.8, 4) is 0 Å². The van der Waals surface area contributed by atoms with E-state index in [0.717, 1.165) is 6.42 Å². The monoisotopic (exact) mass is 354 g/mol. The molecular weight excluding hydrogens is 328 g/mol. The lowest BCUT2D eigenvalue weighted by molar-refractivity contribution is -0.140. The van der Waals surface area contributed by atoms with Gasteiger partial charge < -0.3 is 15.3 Å². The van der Waals surface area contributed by atoms with Crippen LogP contribution in [0.25, 0.3) is 0 Å². The Hall–Kier alpha value is -1.54. The number of rotatable bonds is 6. The third-order valence-electron chi connectivity index (χ3n) is 4.49. The standard InChI is InChI=1S/C16H26N4O3S/c1-11(2)8-12-9-20(7-6-16(12,3)23)14(22)5-4-13(21)18-15-19-17-10-24-15/h10-12,23H,4-9H2,1-3H3,(H,18,19,21)/t12-,16+/m0/s1. The highest BCUT2D eigenvalue weighted by Crippen LogP contribution is 2.32. The van der Waals surface area contributed by atoms with E-state index < -0.39 is 5.60 Å². The first-order chi connectivity index (χ1) is 11.3. The van der Waals surface area contributed by atoms with Crippen LogP contribution in [0.2, 0.25) is 0 Å². The number of carbonyl (C=O) groups is 2. The van der Waals surface area contributed by atoms with E-state index in [-0.39, 0.29) is 30.6 Å². The lowest BCUT2D eigenvalue weighted by Crippen LogP contribution is -2.52. The van der Waals surface area contributed by atoms with E-state index in [1.54, 1.807) is 4.90 Å². The van der Waals surface area contributed by atoms with E-state index in [4.69, 9.17) is 0 Å². The van der Waals surface area contributed by atoms with Gasteiger partial charge in [0.05, 0.1) is 5.60 Å². The van der Waals surface area contributed by atoms with Gasteiger partial charge in [-0.05, 0) is 25.7 Å². The molecule has 1 saturated heterocycles. The molecule has 1 aromatic heterocycles. The van der Waals surface area contributed by atoms with Gasteiger partial charge in [0, 0.05) is 31.8 Å². The molecule has 0 aromatic carbocycles. The fourth-order valence-corrected chi connectivity index (χ4v) is 3.49. The van der Waals surface area contributed by atoms with Crippen molar-refractivity contribution in [3.63, 3.8) is 0 Å². The first-order valence-electron chi connectivity index (χ1n) is 8.34. The molecule has 0 spiro atoms. The molecular formula is C16H26N4O3S. The second kappa shape index (κ2) is 8.02. The number of anilines is 1. The van der Waals surface area contributed by atoms with Crippen molar-refractivity contribution in [1.82, 2.24) is 15.1 Å². The van der Waals surface area contributed by atoms with Gasteiger partial charge in [0.15, 0.2) is 0 Å². The van der Waals surface area contributed by atoms with Crippen molar-refractivity contribution >= 4 is 28.3 Å². The van der Waals surface area contributed by atoms with E-state index in [1.807, 2.05) is 6.92 Å². The molecule has 1 aliphatic heterocycles. The topological polar surface area (TPSA) is 95.4 Å². The Labute approximate surface area is 146 Å². The summed E-state index contributed by atoms with van der Waals surface area (Å²) in [5.41, 5.74) is 0.811. The van der Waals surface area contributed by atoms with Crippen LogP contribution in [-0.2, 0) is 9.59 Å². The number of aromatic nitrogens is 2. The van der Waals surface area contributed by atoms with Crippen molar-refractivity contribution in [3.05, 3.63) is 5.51 Å².